The number of nitrogens with one attached hydrogen (secondary N) is 1. The maximum absolute atomic E-state index is 6.11. The Labute approximate surface area is 142 Å². The van der Waals surface area contributed by atoms with Gasteiger partial charge in [0.15, 0.2) is 0 Å². The molecule has 1 aliphatic carbocycles. The van der Waals surface area contributed by atoms with Gasteiger partial charge in [-0.3, -0.25) is 5.10 Å². The van der Waals surface area contributed by atoms with Gasteiger partial charge < -0.3 is 9.64 Å². The molecule has 0 unspecified atom stereocenters. The molecule has 124 valence electrons. The monoisotopic (exact) mass is 322 g/mol. The number of rotatable bonds is 4. The number of benzene rings is 1. The fourth-order valence-electron chi connectivity index (χ4n) is 3.12. The van der Waals surface area contributed by atoms with E-state index < -0.39 is 0 Å². The second-order valence-electron chi connectivity index (χ2n) is 7.07. The predicted octanol–water partition coefficient (Wildman–Crippen LogP) is 4.01. The number of ether oxygens (including phenoxy) is 1. The van der Waals surface area contributed by atoms with Gasteiger partial charge in [-0.2, -0.15) is 5.10 Å². The summed E-state index contributed by atoms with van der Waals surface area (Å²) in [6.07, 6.45) is 5.38. The van der Waals surface area contributed by atoms with Gasteiger partial charge in [-0.15, -0.1) is 0 Å². The summed E-state index contributed by atoms with van der Waals surface area (Å²) in [5.74, 6) is 1.95. The summed E-state index contributed by atoms with van der Waals surface area (Å²) in [4.78, 5) is 6.78. The van der Waals surface area contributed by atoms with Crippen molar-refractivity contribution >= 4 is 16.7 Å². The zero-order valence-corrected chi connectivity index (χ0v) is 13.7. The van der Waals surface area contributed by atoms with Gasteiger partial charge in [0.25, 0.3) is 0 Å². The molecule has 0 spiro atoms. The Hall–Kier alpha value is -2.56. The maximum Gasteiger partial charge on any atom is 0.129 e. The van der Waals surface area contributed by atoms with Crippen molar-refractivity contribution < 1.29 is 6.16 Å². The number of fused-ring (bicyclic) bond motifs is 1. The lowest BCUT2D eigenvalue weighted by molar-refractivity contribution is 0.200. The minimum atomic E-state index is 0. The van der Waals surface area contributed by atoms with Gasteiger partial charge in [0.05, 0.1) is 5.52 Å². The smallest absolute Gasteiger partial charge is 0.129 e. The van der Waals surface area contributed by atoms with Gasteiger partial charge in [-0.05, 0) is 56.5 Å². The van der Waals surface area contributed by atoms with E-state index in [0.717, 1.165) is 59.7 Å². The van der Waals surface area contributed by atoms with Crippen molar-refractivity contribution in [3.8, 4) is 17.0 Å². The summed E-state index contributed by atoms with van der Waals surface area (Å²) in [6.45, 7) is 4.35. The second-order valence-corrected chi connectivity index (χ2v) is 7.07. The van der Waals surface area contributed by atoms with Gasteiger partial charge in [0, 0.05) is 31.7 Å². The van der Waals surface area contributed by atoms with Crippen LogP contribution in [0.15, 0.2) is 36.5 Å². The minimum Gasteiger partial charge on any atom is -0.488 e. The molecule has 0 radical (unpaired) electrons. The lowest BCUT2D eigenvalue weighted by Gasteiger charge is -2.32. The Morgan fingerprint density at radius 3 is 2.83 bits per heavy atom. The predicted molar refractivity (Wildman–Crippen MR) is 96.5 cm³/mol. The lowest BCUT2D eigenvalue weighted by atomic mass is 10.1. The third-order valence-electron chi connectivity index (χ3n) is 5.05. The Balaban J connectivity index is 0.00000157. The van der Waals surface area contributed by atoms with E-state index in [1.807, 2.05) is 24.4 Å². The summed E-state index contributed by atoms with van der Waals surface area (Å²) in [5.41, 5.74) is 3.10. The zero-order valence-electron chi connectivity index (χ0n) is 13.7. The molecule has 3 aromatic rings. The van der Waals surface area contributed by atoms with E-state index in [2.05, 4.69) is 39.1 Å². The third kappa shape index (κ3) is 2.31. The summed E-state index contributed by atoms with van der Waals surface area (Å²) in [7, 11) is 0. The van der Waals surface area contributed by atoms with Gasteiger partial charge >= 0.3 is 0 Å². The summed E-state index contributed by atoms with van der Waals surface area (Å²) in [6, 6.07) is 10.3. The molecule has 3 heterocycles. The fourth-order valence-corrected chi connectivity index (χ4v) is 3.12. The molecule has 1 saturated heterocycles. The standard InChI is InChI=1S/C19H20N4O.H2/c1-19(6-7-19)24-14-3-4-16-15(12-14)18(22-21-16)13-5-8-20-17(11-13)23-9-2-10-23;/h3-5,8,11-12H,2,6-7,9-10H2,1H3,(H,21,22);1H. The normalized spacial score (nSPS) is 18.5. The SMILES string of the molecule is CC1(Oc2ccc3[nH]nc(-c4ccnc(N5CCC5)c4)c3c2)CC1.[HH]. The van der Waals surface area contributed by atoms with Gasteiger partial charge in [0.1, 0.15) is 22.9 Å². The fraction of sp³-hybridized carbons (Fsp3) is 0.368. The van der Waals surface area contributed by atoms with Crippen LogP contribution in [0.1, 0.15) is 27.6 Å². The van der Waals surface area contributed by atoms with Gasteiger partial charge in [-0.25, -0.2) is 4.98 Å². The molecule has 5 heteroatoms. The zero-order chi connectivity index (χ0) is 16.1. The van der Waals surface area contributed by atoms with E-state index in [9.17, 15) is 0 Å². The van der Waals surface area contributed by atoms with Crippen LogP contribution in [-0.2, 0) is 0 Å². The second kappa shape index (κ2) is 4.97. The van der Waals surface area contributed by atoms with E-state index in [-0.39, 0.29) is 7.03 Å². The van der Waals surface area contributed by atoms with Crippen LogP contribution in [0.5, 0.6) is 5.75 Å². The van der Waals surface area contributed by atoms with Crippen LogP contribution in [0.25, 0.3) is 22.2 Å². The number of aromatic amines is 1. The Morgan fingerprint density at radius 1 is 1.21 bits per heavy atom. The highest BCUT2D eigenvalue weighted by molar-refractivity contribution is 5.94. The number of hydrogen-bond acceptors (Lipinski definition) is 4. The molecule has 1 saturated carbocycles. The van der Waals surface area contributed by atoms with Crippen molar-refractivity contribution in [1.82, 2.24) is 15.2 Å². The highest BCUT2D eigenvalue weighted by Crippen LogP contribution is 2.40. The van der Waals surface area contributed by atoms with Crippen LogP contribution < -0.4 is 9.64 Å². The van der Waals surface area contributed by atoms with Crippen LogP contribution in [0.2, 0.25) is 0 Å². The van der Waals surface area contributed by atoms with Crippen LogP contribution in [0.4, 0.5) is 5.82 Å². The molecule has 1 aromatic carbocycles. The number of pyridine rings is 1. The largest absolute Gasteiger partial charge is 0.488 e. The van der Waals surface area contributed by atoms with E-state index in [4.69, 9.17) is 4.74 Å². The van der Waals surface area contributed by atoms with Crippen molar-refractivity contribution in [1.29, 1.82) is 0 Å². The number of anilines is 1. The molecule has 5 nitrogen and oxygen atoms in total. The molecular formula is C19H22N4O. The Bertz CT molecular complexity index is 915. The van der Waals surface area contributed by atoms with Crippen molar-refractivity contribution in [2.75, 3.05) is 18.0 Å². The first-order valence-corrected chi connectivity index (χ1v) is 8.59. The van der Waals surface area contributed by atoms with Crippen LogP contribution >= 0.6 is 0 Å². The van der Waals surface area contributed by atoms with E-state index in [0.29, 0.717) is 0 Å². The van der Waals surface area contributed by atoms with Crippen molar-refractivity contribution in [3.63, 3.8) is 0 Å². The molecule has 1 N–H and O–H groups in total. The van der Waals surface area contributed by atoms with Gasteiger partial charge in [0.2, 0.25) is 0 Å². The molecule has 2 aromatic heterocycles. The highest BCUT2D eigenvalue weighted by atomic mass is 16.5. The highest BCUT2D eigenvalue weighted by Gasteiger charge is 2.40. The summed E-state index contributed by atoms with van der Waals surface area (Å²) in [5, 5.41) is 8.76. The molecule has 24 heavy (non-hydrogen) atoms. The molecule has 2 fully saturated rings. The number of H-pyrrole nitrogens is 1. The molecule has 0 atom stereocenters. The van der Waals surface area contributed by atoms with E-state index >= 15 is 0 Å². The quantitative estimate of drug-likeness (QED) is 0.788. The summed E-state index contributed by atoms with van der Waals surface area (Å²) < 4.78 is 6.11. The average molecular weight is 322 g/mol. The van der Waals surface area contributed by atoms with Crippen molar-refractivity contribution in [2.24, 2.45) is 0 Å². The number of hydrogen-bond donors (Lipinski definition) is 1. The first-order chi connectivity index (χ1) is 11.7. The molecule has 1 aliphatic heterocycles. The molecular weight excluding hydrogens is 300 g/mol. The average Bonchev–Trinajstić information content (AvgIpc) is 3.10. The third-order valence-corrected chi connectivity index (χ3v) is 5.05. The minimum absolute atomic E-state index is 0. The van der Waals surface area contributed by atoms with Crippen LogP contribution in [0.3, 0.4) is 0 Å². The van der Waals surface area contributed by atoms with Crippen molar-refractivity contribution in [3.05, 3.63) is 36.5 Å². The first-order valence-electron chi connectivity index (χ1n) is 8.59. The first kappa shape index (κ1) is 13.8. The lowest BCUT2D eigenvalue weighted by Crippen LogP contribution is -2.37. The van der Waals surface area contributed by atoms with Gasteiger partial charge in [-0.1, -0.05) is 0 Å². The molecule has 0 amide bonds. The molecule has 2 aliphatic rings. The van der Waals surface area contributed by atoms with Crippen molar-refractivity contribution in [2.45, 2.75) is 31.8 Å². The van der Waals surface area contributed by atoms with Crippen LogP contribution in [0, 0.1) is 0 Å². The molecule has 5 rings (SSSR count). The van der Waals surface area contributed by atoms with E-state index in [1.54, 1.807) is 0 Å². The Morgan fingerprint density at radius 2 is 2.08 bits per heavy atom. The summed E-state index contributed by atoms with van der Waals surface area (Å²) >= 11 is 0. The topological polar surface area (TPSA) is 54.0 Å². The number of aromatic nitrogens is 3. The van der Waals surface area contributed by atoms with Crippen LogP contribution in [-0.4, -0.2) is 33.9 Å². The number of nitrogens with zero attached hydrogens (tertiary/aromatic N) is 3. The van der Waals surface area contributed by atoms with E-state index in [1.165, 1.54) is 6.42 Å². The Kier molecular flexibility index (Phi) is 2.86. The maximum atomic E-state index is 6.11. The molecule has 0 bridgehead atoms.